The van der Waals surface area contributed by atoms with E-state index in [-0.39, 0.29) is 17.3 Å². The van der Waals surface area contributed by atoms with Gasteiger partial charge < -0.3 is 4.74 Å². The second kappa shape index (κ2) is 6.74. The highest BCUT2D eigenvalue weighted by Crippen LogP contribution is 2.27. The predicted molar refractivity (Wildman–Crippen MR) is 79.4 cm³/mol. The normalized spacial score (nSPS) is 13.1. The molecule has 0 aliphatic heterocycles. The van der Waals surface area contributed by atoms with Crippen LogP contribution in [0.1, 0.15) is 64.5 Å². The molecular formula is C17H26O2. The number of ether oxygens (including phenoxy) is 1. The van der Waals surface area contributed by atoms with Crippen molar-refractivity contribution in [1.29, 1.82) is 0 Å². The van der Waals surface area contributed by atoms with E-state index in [0.29, 0.717) is 6.61 Å². The fourth-order valence-corrected chi connectivity index (χ4v) is 2.17. The lowest BCUT2D eigenvalue weighted by Crippen LogP contribution is -2.17. The van der Waals surface area contributed by atoms with Crippen LogP contribution in [0.15, 0.2) is 24.3 Å². The van der Waals surface area contributed by atoms with Crippen LogP contribution in [-0.4, -0.2) is 12.6 Å². The Kier molecular flexibility index (Phi) is 5.59. The third kappa shape index (κ3) is 4.38. The van der Waals surface area contributed by atoms with E-state index in [1.807, 2.05) is 6.92 Å². The average Bonchev–Trinajstić information content (AvgIpc) is 2.35. The Morgan fingerprint density at radius 2 is 1.74 bits per heavy atom. The minimum atomic E-state index is -0.126. The van der Waals surface area contributed by atoms with Crippen molar-refractivity contribution >= 4 is 5.97 Å². The van der Waals surface area contributed by atoms with E-state index in [4.69, 9.17) is 4.74 Å². The Morgan fingerprint density at radius 3 is 2.16 bits per heavy atom. The van der Waals surface area contributed by atoms with E-state index in [2.05, 4.69) is 52.0 Å². The standard InChI is InChI=1S/C17H26O2/c1-6-8-15(16(18)19-7-2)13-9-11-14(12-10-13)17(3,4)5/h9-12,15H,6-8H2,1-5H3. The predicted octanol–water partition coefficient (Wildman–Crippen LogP) is 4.43. The Bertz CT molecular complexity index is 398. The fraction of sp³-hybridized carbons (Fsp3) is 0.588. The van der Waals surface area contributed by atoms with Gasteiger partial charge in [0, 0.05) is 0 Å². The highest BCUT2D eigenvalue weighted by Gasteiger charge is 2.21. The number of hydrogen-bond donors (Lipinski definition) is 0. The third-order valence-corrected chi connectivity index (χ3v) is 3.33. The molecule has 0 spiro atoms. The molecule has 0 N–H and O–H groups in total. The minimum absolute atomic E-state index is 0.104. The monoisotopic (exact) mass is 262 g/mol. The molecule has 1 atom stereocenters. The summed E-state index contributed by atoms with van der Waals surface area (Å²) >= 11 is 0. The van der Waals surface area contributed by atoms with E-state index in [0.717, 1.165) is 18.4 Å². The number of rotatable bonds is 5. The molecule has 0 bridgehead atoms. The Hall–Kier alpha value is -1.31. The molecule has 0 fully saturated rings. The average molecular weight is 262 g/mol. The molecule has 19 heavy (non-hydrogen) atoms. The van der Waals surface area contributed by atoms with Crippen LogP contribution in [0.3, 0.4) is 0 Å². The molecule has 0 heterocycles. The second-order valence-electron chi connectivity index (χ2n) is 5.97. The van der Waals surface area contributed by atoms with E-state index >= 15 is 0 Å². The maximum atomic E-state index is 12.0. The molecule has 2 heteroatoms. The van der Waals surface area contributed by atoms with Gasteiger partial charge in [0.1, 0.15) is 0 Å². The van der Waals surface area contributed by atoms with Crippen molar-refractivity contribution in [3.63, 3.8) is 0 Å². The summed E-state index contributed by atoms with van der Waals surface area (Å²) in [4.78, 5) is 12.0. The first-order valence-corrected chi connectivity index (χ1v) is 7.17. The van der Waals surface area contributed by atoms with E-state index in [1.165, 1.54) is 5.56 Å². The van der Waals surface area contributed by atoms with Crippen LogP contribution in [0.2, 0.25) is 0 Å². The van der Waals surface area contributed by atoms with Gasteiger partial charge in [-0.05, 0) is 29.9 Å². The van der Waals surface area contributed by atoms with Gasteiger partial charge in [-0.25, -0.2) is 0 Å². The van der Waals surface area contributed by atoms with Crippen molar-refractivity contribution < 1.29 is 9.53 Å². The van der Waals surface area contributed by atoms with Gasteiger partial charge in [-0.15, -0.1) is 0 Å². The molecule has 2 nitrogen and oxygen atoms in total. The zero-order valence-corrected chi connectivity index (χ0v) is 12.8. The molecule has 0 amide bonds. The summed E-state index contributed by atoms with van der Waals surface area (Å²) in [7, 11) is 0. The summed E-state index contributed by atoms with van der Waals surface area (Å²) in [5.41, 5.74) is 2.49. The van der Waals surface area contributed by atoms with Crippen LogP contribution in [0.25, 0.3) is 0 Å². The number of esters is 1. The van der Waals surface area contributed by atoms with Crippen LogP contribution in [0, 0.1) is 0 Å². The van der Waals surface area contributed by atoms with Crippen molar-refractivity contribution in [2.45, 2.75) is 58.8 Å². The lowest BCUT2D eigenvalue weighted by Gasteiger charge is -2.21. The third-order valence-electron chi connectivity index (χ3n) is 3.33. The maximum absolute atomic E-state index is 12.0. The van der Waals surface area contributed by atoms with Crippen molar-refractivity contribution in [1.82, 2.24) is 0 Å². The number of carbonyl (C=O) groups is 1. The summed E-state index contributed by atoms with van der Waals surface area (Å²) in [5, 5.41) is 0. The Labute approximate surface area is 117 Å². The molecular weight excluding hydrogens is 236 g/mol. The first kappa shape index (κ1) is 15.7. The SMILES string of the molecule is CCCC(C(=O)OCC)c1ccc(C(C)(C)C)cc1. The van der Waals surface area contributed by atoms with E-state index in [1.54, 1.807) is 0 Å². The Balaban J connectivity index is 2.94. The van der Waals surface area contributed by atoms with Crippen molar-refractivity contribution in [3.8, 4) is 0 Å². The van der Waals surface area contributed by atoms with Gasteiger partial charge in [0.2, 0.25) is 0 Å². The first-order valence-electron chi connectivity index (χ1n) is 7.17. The largest absolute Gasteiger partial charge is 0.466 e. The molecule has 1 unspecified atom stereocenters. The molecule has 0 saturated carbocycles. The van der Waals surface area contributed by atoms with Crippen LogP contribution >= 0.6 is 0 Å². The van der Waals surface area contributed by atoms with Crippen molar-refractivity contribution in [2.75, 3.05) is 6.61 Å². The fourth-order valence-electron chi connectivity index (χ4n) is 2.17. The minimum Gasteiger partial charge on any atom is -0.466 e. The zero-order valence-electron chi connectivity index (χ0n) is 12.8. The second-order valence-corrected chi connectivity index (χ2v) is 5.97. The molecule has 1 rings (SSSR count). The summed E-state index contributed by atoms with van der Waals surface area (Å²) in [6.07, 6.45) is 1.82. The zero-order chi connectivity index (χ0) is 14.5. The number of carbonyl (C=O) groups excluding carboxylic acids is 1. The molecule has 0 radical (unpaired) electrons. The topological polar surface area (TPSA) is 26.3 Å². The van der Waals surface area contributed by atoms with Crippen LogP contribution in [-0.2, 0) is 14.9 Å². The highest BCUT2D eigenvalue weighted by atomic mass is 16.5. The van der Waals surface area contributed by atoms with Gasteiger partial charge in [0.25, 0.3) is 0 Å². The Morgan fingerprint density at radius 1 is 1.16 bits per heavy atom. The maximum Gasteiger partial charge on any atom is 0.313 e. The highest BCUT2D eigenvalue weighted by molar-refractivity contribution is 5.78. The van der Waals surface area contributed by atoms with E-state index in [9.17, 15) is 4.79 Å². The molecule has 0 aromatic heterocycles. The molecule has 106 valence electrons. The van der Waals surface area contributed by atoms with Gasteiger partial charge in [-0.1, -0.05) is 58.4 Å². The number of benzene rings is 1. The van der Waals surface area contributed by atoms with Crippen LogP contribution in [0.5, 0.6) is 0 Å². The summed E-state index contributed by atoms with van der Waals surface area (Å²) in [5.74, 6) is -0.230. The van der Waals surface area contributed by atoms with Gasteiger partial charge in [-0.3, -0.25) is 4.79 Å². The quantitative estimate of drug-likeness (QED) is 0.734. The van der Waals surface area contributed by atoms with Crippen molar-refractivity contribution in [3.05, 3.63) is 35.4 Å². The summed E-state index contributed by atoms with van der Waals surface area (Å²) < 4.78 is 5.17. The van der Waals surface area contributed by atoms with Gasteiger partial charge in [0.15, 0.2) is 0 Å². The molecule has 1 aromatic rings. The molecule has 1 aromatic carbocycles. The smallest absolute Gasteiger partial charge is 0.313 e. The lowest BCUT2D eigenvalue weighted by molar-refractivity contribution is -0.145. The van der Waals surface area contributed by atoms with E-state index < -0.39 is 0 Å². The van der Waals surface area contributed by atoms with Crippen LogP contribution < -0.4 is 0 Å². The molecule has 0 aliphatic rings. The summed E-state index contributed by atoms with van der Waals surface area (Å²) in [6.45, 7) is 11.0. The van der Waals surface area contributed by atoms with Gasteiger partial charge in [-0.2, -0.15) is 0 Å². The lowest BCUT2D eigenvalue weighted by atomic mass is 9.85. The molecule has 0 saturated heterocycles. The number of hydrogen-bond acceptors (Lipinski definition) is 2. The first-order chi connectivity index (χ1) is 8.90. The van der Waals surface area contributed by atoms with Crippen molar-refractivity contribution in [2.24, 2.45) is 0 Å². The summed E-state index contributed by atoms with van der Waals surface area (Å²) in [6, 6.07) is 8.38. The van der Waals surface area contributed by atoms with Gasteiger partial charge >= 0.3 is 5.97 Å². The molecule has 0 aliphatic carbocycles. The van der Waals surface area contributed by atoms with Crippen LogP contribution in [0.4, 0.5) is 0 Å². The van der Waals surface area contributed by atoms with Gasteiger partial charge in [0.05, 0.1) is 12.5 Å².